The van der Waals surface area contributed by atoms with Crippen LogP contribution in [0.15, 0.2) is 60.7 Å². The largest absolute Gasteiger partial charge is 0.347 e. The first kappa shape index (κ1) is 18.7. The number of aromatic nitrogens is 2. The van der Waals surface area contributed by atoms with E-state index in [1.807, 2.05) is 42.5 Å². The van der Waals surface area contributed by atoms with E-state index >= 15 is 0 Å². The summed E-state index contributed by atoms with van der Waals surface area (Å²) >= 11 is 5.94. The van der Waals surface area contributed by atoms with E-state index in [9.17, 15) is 9.59 Å². The minimum Gasteiger partial charge on any atom is -0.347 e. The summed E-state index contributed by atoms with van der Waals surface area (Å²) in [5.74, 6) is -0.0342. The Hall–Kier alpha value is -3.12. The van der Waals surface area contributed by atoms with Crippen molar-refractivity contribution in [2.24, 2.45) is 7.05 Å². The maximum atomic E-state index is 12.3. The van der Waals surface area contributed by atoms with Crippen molar-refractivity contribution in [2.45, 2.75) is 13.0 Å². The number of carbonyl (C=O) groups excluding carboxylic acids is 2. The molecule has 0 saturated carbocycles. The Morgan fingerprint density at radius 1 is 1.04 bits per heavy atom. The maximum absolute atomic E-state index is 12.3. The van der Waals surface area contributed by atoms with Crippen LogP contribution in [0.2, 0.25) is 5.02 Å². The van der Waals surface area contributed by atoms with Crippen molar-refractivity contribution < 1.29 is 9.59 Å². The minimum absolute atomic E-state index is 0.171. The lowest BCUT2D eigenvalue weighted by molar-refractivity contribution is -0.115. The van der Waals surface area contributed by atoms with Crippen LogP contribution >= 0.6 is 11.6 Å². The number of nitrogens with one attached hydrogen (secondary N) is 2. The third kappa shape index (κ3) is 5.18. The first-order valence-electron chi connectivity index (χ1n) is 8.42. The van der Waals surface area contributed by atoms with Crippen LogP contribution in [0.25, 0.3) is 0 Å². The average molecular weight is 383 g/mol. The van der Waals surface area contributed by atoms with Gasteiger partial charge in [0.2, 0.25) is 5.91 Å². The number of aryl methyl sites for hydroxylation is 1. The molecule has 3 rings (SSSR count). The van der Waals surface area contributed by atoms with Crippen LogP contribution in [-0.2, 0) is 24.8 Å². The minimum atomic E-state index is -0.325. The van der Waals surface area contributed by atoms with Crippen molar-refractivity contribution in [3.8, 4) is 0 Å². The monoisotopic (exact) mass is 382 g/mol. The molecule has 0 bridgehead atoms. The third-order valence-corrected chi connectivity index (χ3v) is 4.16. The van der Waals surface area contributed by atoms with Crippen LogP contribution in [0.3, 0.4) is 0 Å². The van der Waals surface area contributed by atoms with Gasteiger partial charge in [-0.15, -0.1) is 0 Å². The zero-order chi connectivity index (χ0) is 19.2. The molecule has 0 fully saturated rings. The second-order valence-corrected chi connectivity index (χ2v) is 6.50. The Kier molecular flexibility index (Phi) is 5.88. The van der Waals surface area contributed by atoms with Gasteiger partial charge in [0.05, 0.1) is 6.42 Å². The zero-order valence-corrected chi connectivity index (χ0v) is 15.5. The Labute approximate surface area is 162 Å². The number of carbonyl (C=O) groups is 2. The van der Waals surface area contributed by atoms with Gasteiger partial charge in [-0.3, -0.25) is 14.3 Å². The summed E-state index contributed by atoms with van der Waals surface area (Å²) in [5.41, 5.74) is 2.04. The predicted octanol–water partition coefficient (Wildman–Crippen LogP) is 3.18. The van der Waals surface area contributed by atoms with Crippen LogP contribution < -0.4 is 10.6 Å². The molecule has 0 aliphatic rings. The van der Waals surface area contributed by atoms with E-state index < -0.39 is 0 Å². The fourth-order valence-electron chi connectivity index (χ4n) is 2.58. The van der Waals surface area contributed by atoms with Crippen molar-refractivity contribution in [3.05, 3.63) is 82.5 Å². The highest BCUT2D eigenvalue weighted by atomic mass is 35.5. The Morgan fingerprint density at radius 3 is 2.52 bits per heavy atom. The van der Waals surface area contributed by atoms with E-state index in [2.05, 4.69) is 15.7 Å². The lowest BCUT2D eigenvalue weighted by Gasteiger charge is -2.04. The highest BCUT2D eigenvalue weighted by molar-refractivity contribution is 6.30. The van der Waals surface area contributed by atoms with Gasteiger partial charge < -0.3 is 10.6 Å². The molecule has 0 radical (unpaired) electrons. The van der Waals surface area contributed by atoms with Crippen molar-refractivity contribution in [2.75, 3.05) is 5.32 Å². The molecular formula is C20H19ClN4O2. The van der Waals surface area contributed by atoms with Crippen LogP contribution in [0.5, 0.6) is 0 Å². The number of nitrogens with zero attached hydrogens (tertiary/aromatic N) is 2. The summed E-state index contributed by atoms with van der Waals surface area (Å²) in [4.78, 5) is 24.5. The van der Waals surface area contributed by atoms with Crippen molar-refractivity contribution in [1.82, 2.24) is 15.1 Å². The molecule has 2 N–H and O–H groups in total. The molecule has 27 heavy (non-hydrogen) atoms. The van der Waals surface area contributed by atoms with E-state index in [4.69, 9.17) is 11.6 Å². The molecule has 0 aliphatic carbocycles. The number of anilines is 1. The van der Waals surface area contributed by atoms with E-state index in [1.54, 1.807) is 25.2 Å². The van der Waals surface area contributed by atoms with Crippen LogP contribution in [0.1, 0.15) is 21.6 Å². The summed E-state index contributed by atoms with van der Waals surface area (Å²) in [7, 11) is 1.67. The predicted molar refractivity (Wildman–Crippen MR) is 105 cm³/mol. The van der Waals surface area contributed by atoms with Gasteiger partial charge in [0.1, 0.15) is 5.82 Å². The topological polar surface area (TPSA) is 76.0 Å². The molecule has 0 saturated heterocycles. The molecule has 3 aromatic rings. The smallest absolute Gasteiger partial charge is 0.272 e. The molecule has 0 spiro atoms. The SMILES string of the molecule is Cn1nc(C(=O)NCc2cccc(Cl)c2)cc1NC(=O)Cc1ccccc1. The highest BCUT2D eigenvalue weighted by Gasteiger charge is 2.14. The van der Waals surface area contributed by atoms with Gasteiger partial charge in [-0.2, -0.15) is 5.10 Å². The fourth-order valence-corrected chi connectivity index (χ4v) is 2.80. The molecule has 1 aromatic heterocycles. The Balaban J connectivity index is 1.59. The first-order valence-corrected chi connectivity index (χ1v) is 8.79. The Morgan fingerprint density at radius 2 is 1.78 bits per heavy atom. The van der Waals surface area contributed by atoms with Crippen molar-refractivity contribution in [1.29, 1.82) is 0 Å². The maximum Gasteiger partial charge on any atom is 0.272 e. The molecule has 0 atom stereocenters. The highest BCUT2D eigenvalue weighted by Crippen LogP contribution is 2.12. The molecule has 2 amide bonds. The normalized spacial score (nSPS) is 10.4. The lowest BCUT2D eigenvalue weighted by atomic mass is 10.1. The van der Waals surface area contributed by atoms with Gasteiger partial charge in [-0.25, -0.2) is 0 Å². The van der Waals surface area contributed by atoms with Gasteiger partial charge in [-0.05, 0) is 23.3 Å². The van der Waals surface area contributed by atoms with E-state index in [-0.39, 0.29) is 23.9 Å². The van der Waals surface area contributed by atoms with Gasteiger partial charge in [0.25, 0.3) is 5.91 Å². The molecule has 6 nitrogen and oxygen atoms in total. The number of halogens is 1. The molecule has 1 heterocycles. The first-order chi connectivity index (χ1) is 13.0. The second-order valence-electron chi connectivity index (χ2n) is 6.06. The zero-order valence-electron chi connectivity index (χ0n) is 14.8. The van der Waals surface area contributed by atoms with Gasteiger partial charge in [0.15, 0.2) is 5.69 Å². The van der Waals surface area contributed by atoms with Crippen molar-refractivity contribution in [3.63, 3.8) is 0 Å². The summed E-state index contributed by atoms with van der Waals surface area (Å²) in [6.07, 6.45) is 0.252. The third-order valence-electron chi connectivity index (χ3n) is 3.93. The van der Waals surface area contributed by atoms with Crippen molar-refractivity contribution >= 4 is 29.2 Å². The fraction of sp³-hybridized carbons (Fsp3) is 0.150. The van der Waals surface area contributed by atoms with E-state index in [1.165, 1.54) is 4.68 Å². The van der Waals surface area contributed by atoms with Gasteiger partial charge >= 0.3 is 0 Å². The summed E-state index contributed by atoms with van der Waals surface area (Å²) < 4.78 is 1.47. The molecule has 138 valence electrons. The number of benzene rings is 2. The second kappa shape index (κ2) is 8.51. The van der Waals surface area contributed by atoms with Crippen LogP contribution in [0.4, 0.5) is 5.82 Å². The summed E-state index contributed by atoms with van der Waals surface area (Å²) in [6, 6.07) is 18.3. The summed E-state index contributed by atoms with van der Waals surface area (Å²) in [5, 5.41) is 10.3. The van der Waals surface area contributed by atoms with Crippen LogP contribution in [-0.4, -0.2) is 21.6 Å². The van der Waals surface area contributed by atoms with E-state index in [0.717, 1.165) is 11.1 Å². The average Bonchev–Trinajstić information content (AvgIpc) is 3.01. The number of rotatable bonds is 6. The molecule has 0 aliphatic heterocycles. The van der Waals surface area contributed by atoms with Gasteiger partial charge in [0, 0.05) is 24.7 Å². The number of hydrogen-bond acceptors (Lipinski definition) is 3. The Bertz CT molecular complexity index is 954. The van der Waals surface area contributed by atoms with Crippen LogP contribution in [0, 0.1) is 0 Å². The van der Waals surface area contributed by atoms with E-state index in [0.29, 0.717) is 17.4 Å². The summed E-state index contributed by atoms with van der Waals surface area (Å²) in [6.45, 7) is 0.339. The standard InChI is InChI=1S/C20H19ClN4O2/c1-25-18(23-19(26)11-14-6-3-2-4-7-14)12-17(24-25)20(27)22-13-15-8-5-9-16(21)10-15/h2-10,12H,11,13H2,1H3,(H,22,27)(H,23,26). The number of amides is 2. The lowest BCUT2D eigenvalue weighted by Crippen LogP contribution is -2.23. The molecule has 0 unspecified atom stereocenters. The van der Waals surface area contributed by atoms with Gasteiger partial charge in [-0.1, -0.05) is 54.1 Å². The molecule has 7 heteroatoms. The quantitative estimate of drug-likeness (QED) is 0.687. The molecular weight excluding hydrogens is 364 g/mol. The number of hydrogen-bond donors (Lipinski definition) is 2. The molecule has 2 aromatic carbocycles.